The molecule has 1 unspecified atom stereocenters. The van der Waals surface area contributed by atoms with Crippen molar-refractivity contribution in [2.24, 2.45) is 0 Å². The highest BCUT2D eigenvalue weighted by Gasteiger charge is 2.21. The summed E-state index contributed by atoms with van der Waals surface area (Å²) >= 11 is 0. The summed E-state index contributed by atoms with van der Waals surface area (Å²) in [5.41, 5.74) is 2.12. The number of amides is 1. The van der Waals surface area contributed by atoms with E-state index in [-0.39, 0.29) is 12.3 Å². The summed E-state index contributed by atoms with van der Waals surface area (Å²) in [4.78, 5) is 26.6. The summed E-state index contributed by atoms with van der Waals surface area (Å²) in [6, 6.07) is 11.9. The maximum Gasteiger partial charge on any atom is 0.307 e. The Balaban J connectivity index is 2.32. The van der Waals surface area contributed by atoms with Gasteiger partial charge in [-0.25, -0.2) is 0 Å². The molecule has 2 rings (SSSR count). The average Bonchev–Trinajstić information content (AvgIpc) is 2.72. The van der Waals surface area contributed by atoms with Crippen molar-refractivity contribution >= 4 is 17.6 Å². The lowest BCUT2D eigenvalue weighted by Gasteiger charge is -2.20. The molecular formula is C21H26N2O5. The summed E-state index contributed by atoms with van der Waals surface area (Å²) in [5, 5.41) is 2.92. The van der Waals surface area contributed by atoms with Crippen molar-refractivity contribution in [3.8, 4) is 11.5 Å². The van der Waals surface area contributed by atoms with Crippen LogP contribution in [0.5, 0.6) is 11.5 Å². The molecule has 28 heavy (non-hydrogen) atoms. The molecule has 0 saturated carbocycles. The number of nitrogens with one attached hydrogen (secondary N) is 1. The molecule has 0 aromatic heterocycles. The maximum absolute atomic E-state index is 12.8. The van der Waals surface area contributed by atoms with Crippen LogP contribution >= 0.6 is 0 Å². The Morgan fingerprint density at radius 1 is 1.00 bits per heavy atom. The lowest BCUT2D eigenvalue weighted by molar-refractivity contribution is -0.141. The van der Waals surface area contributed by atoms with Gasteiger partial charge in [-0.1, -0.05) is 12.1 Å². The van der Waals surface area contributed by atoms with Crippen LogP contribution in [0.4, 0.5) is 5.69 Å². The molecule has 2 aromatic carbocycles. The Kier molecular flexibility index (Phi) is 7.26. The smallest absolute Gasteiger partial charge is 0.307 e. The molecule has 1 N–H and O–H groups in total. The van der Waals surface area contributed by atoms with Crippen molar-refractivity contribution in [1.82, 2.24) is 5.32 Å². The van der Waals surface area contributed by atoms with E-state index in [0.717, 1.165) is 5.69 Å². The minimum Gasteiger partial charge on any atom is -0.493 e. The lowest BCUT2D eigenvalue weighted by Crippen LogP contribution is -2.30. The van der Waals surface area contributed by atoms with E-state index in [1.165, 1.54) is 14.2 Å². The monoisotopic (exact) mass is 386 g/mol. The molecule has 7 nitrogen and oxygen atoms in total. The van der Waals surface area contributed by atoms with Gasteiger partial charge < -0.3 is 24.4 Å². The molecule has 0 fully saturated rings. The number of carbonyl (C=O) groups is 2. The third-order valence-electron chi connectivity index (χ3n) is 4.34. The van der Waals surface area contributed by atoms with Gasteiger partial charge in [0.25, 0.3) is 5.91 Å². The molecule has 0 radical (unpaired) electrons. The number of hydrogen-bond acceptors (Lipinski definition) is 6. The van der Waals surface area contributed by atoms with Crippen molar-refractivity contribution in [2.75, 3.05) is 40.3 Å². The summed E-state index contributed by atoms with van der Waals surface area (Å²) in [6.45, 7) is 0. The van der Waals surface area contributed by atoms with Crippen LogP contribution in [0.25, 0.3) is 0 Å². The van der Waals surface area contributed by atoms with Crippen molar-refractivity contribution < 1.29 is 23.8 Å². The van der Waals surface area contributed by atoms with Crippen LogP contribution < -0.4 is 19.7 Å². The van der Waals surface area contributed by atoms with Gasteiger partial charge in [0.05, 0.1) is 33.8 Å². The molecule has 0 spiro atoms. The molecule has 0 aliphatic carbocycles. The van der Waals surface area contributed by atoms with Crippen LogP contribution in [0.3, 0.4) is 0 Å². The van der Waals surface area contributed by atoms with Gasteiger partial charge in [0.2, 0.25) is 0 Å². The average molecular weight is 386 g/mol. The first kappa shape index (κ1) is 21.1. The van der Waals surface area contributed by atoms with Crippen LogP contribution in [0.15, 0.2) is 42.5 Å². The first-order valence-corrected chi connectivity index (χ1v) is 8.76. The number of ether oxygens (including phenoxy) is 3. The maximum atomic E-state index is 12.8. The Labute approximate surface area is 165 Å². The Bertz CT molecular complexity index is 835. The predicted molar refractivity (Wildman–Crippen MR) is 107 cm³/mol. The van der Waals surface area contributed by atoms with Crippen LogP contribution in [0.2, 0.25) is 0 Å². The van der Waals surface area contributed by atoms with Gasteiger partial charge in [-0.3, -0.25) is 9.59 Å². The highest BCUT2D eigenvalue weighted by atomic mass is 16.5. The van der Waals surface area contributed by atoms with E-state index in [9.17, 15) is 9.59 Å². The zero-order valence-corrected chi connectivity index (χ0v) is 16.8. The first-order valence-electron chi connectivity index (χ1n) is 8.76. The third-order valence-corrected chi connectivity index (χ3v) is 4.34. The van der Waals surface area contributed by atoms with Crippen molar-refractivity contribution in [3.05, 3.63) is 53.6 Å². The molecule has 0 bridgehead atoms. The van der Waals surface area contributed by atoms with Gasteiger partial charge in [0, 0.05) is 25.3 Å². The Morgan fingerprint density at radius 2 is 1.71 bits per heavy atom. The molecule has 0 aliphatic heterocycles. The zero-order chi connectivity index (χ0) is 20.7. The SMILES string of the molecule is COC(=O)CC(NC(=O)c1cccc(N(C)C)c1)c1ccc(OC)c(OC)c1. The summed E-state index contributed by atoms with van der Waals surface area (Å²) < 4.78 is 15.4. The summed E-state index contributed by atoms with van der Waals surface area (Å²) in [7, 11) is 8.20. The zero-order valence-electron chi connectivity index (χ0n) is 16.8. The molecule has 2 aromatic rings. The molecule has 0 aliphatic rings. The standard InChI is InChI=1S/C21H26N2O5/c1-23(2)16-8-6-7-15(11-16)21(25)22-17(13-20(24)28-5)14-9-10-18(26-3)19(12-14)27-4/h6-12,17H,13H2,1-5H3,(H,22,25). The topological polar surface area (TPSA) is 77.1 Å². The largest absolute Gasteiger partial charge is 0.493 e. The quantitative estimate of drug-likeness (QED) is 0.703. The number of nitrogens with zero attached hydrogens (tertiary/aromatic N) is 1. The fourth-order valence-electron chi connectivity index (χ4n) is 2.74. The molecule has 0 heterocycles. The van der Waals surface area contributed by atoms with Crippen LogP contribution in [-0.4, -0.2) is 47.3 Å². The normalized spacial score (nSPS) is 11.3. The molecule has 150 valence electrons. The number of benzene rings is 2. The van der Waals surface area contributed by atoms with E-state index in [1.807, 2.05) is 31.1 Å². The van der Waals surface area contributed by atoms with E-state index in [4.69, 9.17) is 14.2 Å². The summed E-state index contributed by atoms with van der Waals surface area (Å²) in [5.74, 6) is 0.362. The second-order valence-electron chi connectivity index (χ2n) is 6.37. The summed E-state index contributed by atoms with van der Waals surface area (Å²) in [6.07, 6.45) is -0.00883. The van der Waals surface area contributed by atoms with Crippen molar-refractivity contribution in [1.29, 1.82) is 0 Å². The first-order chi connectivity index (χ1) is 13.4. The number of hydrogen-bond donors (Lipinski definition) is 1. The van der Waals surface area contributed by atoms with Gasteiger partial charge >= 0.3 is 5.97 Å². The van der Waals surface area contributed by atoms with E-state index in [1.54, 1.807) is 37.4 Å². The fourth-order valence-corrected chi connectivity index (χ4v) is 2.74. The second kappa shape index (κ2) is 9.64. The predicted octanol–water partition coefficient (Wildman–Crippen LogP) is 2.80. The van der Waals surface area contributed by atoms with Crippen LogP contribution in [-0.2, 0) is 9.53 Å². The van der Waals surface area contributed by atoms with Gasteiger partial charge in [-0.15, -0.1) is 0 Å². The van der Waals surface area contributed by atoms with Crippen LogP contribution in [0, 0.1) is 0 Å². The number of carbonyl (C=O) groups excluding carboxylic acids is 2. The molecule has 1 amide bonds. The molecule has 1 atom stereocenters. The minimum absolute atomic E-state index is 0.00883. The highest BCUT2D eigenvalue weighted by molar-refractivity contribution is 5.95. The molecular weight excluding hydrogens is 360 g/mol. The number of anilines is 1. The number of rotatable bonds is 8. The number of esters is 1. The molecule has 0 saturated heterocycles. The van der Waals surface area contributed by atoms with Gasteiger partial charge in [0.1, 0.15) is 0 Å². The highest BCUT2D eigenvalue weighted by Crippen LogP contribution is 2.31. The lowest BCUT2D eigenvalue weighted by atomic mass is 10.0. The van der Waals surface area contributed by atoms with Gasteiger partial charge in [0.15, 0.2) is 11.5 Å². The van der Waals surface area contributed by atoms with E-state index in [2.05, 4.69) is 5.32 Å². The Hall–Kier alpha value is -3.22. The van der Waals surface area contributed by atoms with Gasteiger partial charge in [-0.2, -0.15) is 0 Å². The third kappa shape index (κ3) is 5.16. The second-order valence-corrected chi connectivity index (χ2v) is 6.37. The van der Waals surface area contributed by atoms with Crippen molar-refractivity contribution in [3.63, 3.8) is 0 Å². The molecule has 7 heteroatoms. The minimum atomic E-state index is -0.581. The fraction of sp³-hybridized carbons (Fsp3) is 0.333. The number of methoxy groups -OCH3 is 3. The van der Waals surface area contributed by atoms with Crippen molar-refractivity contribution in [2.45, 2.75) is 12.5 Å². The van der Waals surface area contributed by atoms with E-state index >= 15 is 0 Å². The van der Waals surface area contributed by atoms with E-state index < -0.39 is 12.0 Å². The van der Waals surface area contributed by atoms with Crippen LogP contribution in [0.1, 0.15) is 28.4 Å². The van der Waals surface area contributed by atoms with E-state index in [0.29, 0.717) is 22.6 Å². The Morgan fingerprint density at radius 3 is 2.32 bits per heavy atom. The van der Waals surface area contributed by atoms with Gasteiger partial charge in [-0.05, 0) is 35.9 Å².